The van der Waals surface area contributed by atoms with Gasteiger partial charge in [0.25, 0.3) is 0 Å². The molecule has 1 aliphatic rings. The minimum absolute atomic E-state index is 0.0853. The topological polar surface area (TPSA) is 92.5 Å². The van der Waals surface area contributed by atoms with Gasteiger partial charge in [0.1, 0.15) is 6.04 Å². The summed E-state index contributed by atoms with van der Waals surface area (Å²) in [5, 5.41) is 0. The molecular weight excluding hydrogens is 358 g/mol. The first-order valence-corrected chi connectivity index (χ1v) is 11.2. The number of thioether (sulfide) groups is 1. The molecule has 0 spiro atoms. The van der Waals surface area contributed by atoms with Crippen molar-refractivity contribution in [1.29, 1.82) is 0 Å². The van der Waals surface area contributed by atoms with E-state index < -0.39 is 16.1 Å². The molecule has 3 N–H and O–H groups in total. The number of rotatable bonds is 8. The molecule has 1 aliphatic heterocycles. The Labute approximate surface area is 154 Å². The third kappa shape index (κ3) is 5.20. The maximum Gasteiger partial charge on any atom is 0.241 e. The van der Waals surface area contributed by atoms with Crippen LogP contribution >= 0.6 is 11.8 Å². The summed E-state index contributed by atoms with van der Waals surface area (Å²) < 4.78 is 27.8. The molecule has 0 saturated carbocycles. The number of hydrogen-bond donors (Lipinski definition) is 2. The maximum absolute atomic E-state index is 12.9. The van der Waals surface area contributed by atoms with Crippen molar-refractivity contribution in [3.8, 4) is 0 Å². The van der Waals surface area contributed by atoms with E-state index in [4.69, 9.17) is 5.73 Å². The van der Waals surface area contributed by atoms with E-state index in [1.54, 1.807) is 34.9 Å². The van der Waals surface area contributed by atoms with E-state index in [0.29, 0.717) is 31.8 Å². The Morgan fingerprint density at radius 3 is 2.64 bits per heavy atom. The number of hydrogen-bond acceptors (Lipinski definition) is 5. The standard InChI is InChI=1S/C17H27N3O3S2/c1-17(12-18)9-10-20(13-17)16(21)15(8-11-24-2)19-25(22,23)14-6-4-3-5-7-14/h3-7,15,19H,8-13,18H2,1-2H3. The van der Waals surface area contributed by atoms with Crippen molar-refractivity contribution in [3.63, 3.8) is 0 Å². The first-order valence-electron chi connectivity index (χ1n) is 8.36. The molecule has 8 heteroatoms. The summed E-state index contributed by atoms with van der Waals surface area (Å²) in [7, 11) is -3.73. The van der Waals surface area contributed by atoms with E-state index in [2.05, 4.69) is 11.6 Å². The van der Waals surface area contributed by atoms with E-state index >= 15 is 0 Å². The molecule has 1 heterocycles. The van der Waals surface area contributed by atoms with Crippen LogP contribution in [0, 0.1) is 5.41 Å². The summed E-state index contributed by atoms with van der Waals surface area (Å²) in [6, 6.07) is 7.39. The van der Waals surface area contributed by atoms with Crippen LogP contribution in [0.5, 0.6) is 0 Å². The van der Waals surface area contributed by atoms with Crippen molar-refractivity contribution in [2.45, 2.75) is 30.7 Å². The summed E-state index contributed by atoms with van der Waals surface area (Å²) in [6.45, 7) is 3.77. The molecule has 1 amide bonds. The van der Waals surface area contributed by atoms with E-state index in [1.165, 1.54) is 12.1 Å². The molecule has 6 nitrogen and oxygen atoms in total. The first-order chi connectivity index (χ1) is 11.8. The van der Waals surface area contributed by atoms with E-state index in [0.717, 1.165) is 6.42 Å². The average Bonchev–Trinajstić information content (AvgIpc) is 3.01. The highest BCUT2D eigenvalue weighted by atomic mass is 32.2. The van der Waals surface area contributed by atoms with E-state index in [9.17, 15) is 13.2 Å². The molecule has 0 bridgehead atoms. The number of nitrogens with zero attached hydrogens (tertiary/aromatic N) is 1. The smallest absolute Gasteiger partial charge is 0.241 e. The molecule has 1 aromatic carbocycles. The van der Waals surface area contributed by atoms with Crippen molar-refractivity contribution in [3.05, 3.63) is 30.3 Å². The summed E-state index contributed by atoms with van der Waals surface area (Å²) >= 11 is 1.59. The molecular formula is C17H27N3O3S2. The predicted octanol–water partition coefficient (Wildman–Crippen LogP) is 1.28. The van der Waals surface area contributed by atoms with Gasteiger partial charge >= 0.3 is 0 Å². The van der Waals surface area contributed by atoms with Crippen LogP contribution in [-0.4, -0.2) is 56.9 Å². The molecule has 0 aromatic heterocycles. The molecule has 1 saturated heterocycles. The first kappa shape index (κ1) is 20.2. The molecule has 2 rings (SSSR count). The van der Waals surface area contributed by atoms with Crippen molar-refractivity contribution < 1.29 is 13.2 Å². The van der Waals surface area contributed by atoms with Crippen LogP contribution in [0.25, 0.3) is 0 Å². The highest BCUT2D eigenvalue weighted by Crippen LogP contribution is 2.29. The van der Waals surface area contributed by atoms with Gasteiger partial charge in [-0.3, -0.25) is 4.79 Å². The van der Waals surface area contributed by atoms with Crippen molar-refractivity contribution >= 4 is 27.7 Å². The SMILES string of the molecule is CSCCC(NS(=O)(=O)c1ccccc1)C(=O)N1CCC(C)(CN)C1. The Bertz CT molecular complexity index is 682. The highest BCUT2D eigenvalue weighted by Gasteiger charge is 2.38. The zero-order chi connectivity index (χ0) is 18.5. The number of amides is 1. The van der Waals surface area contributed by atoms with Crippen LogP contribution in [0.15, 0.2) is 35.2 Å². The van der Waals surface area contributed by atoms with Gasteiger partial charge in [0.2, 0.25) is 15.9 Å². The number of sulfonamides is 1. The number of benzene rings is 1. The Balaban J connectivity index is 2.15. The van der Waals surface area contributed by atoms with Gasteiger partial charge in [0.05, 0.1) is 4.90 Å². The fraction of sp³-hybridized carbons (Fsp3) is 0.588. The van der Waals surface area contributed by atoms with Crippen LogP contribution in [0.3, 0.4) is 0 Å². The predicted molar refractivity (Wildman–Crippen MR) is 102 cm³/mol. The fourth-order valence-corrected chi connectivity index (χ4v) is 4.64. The lowest BCUT2D eigenvalue weighted by Gasteiger charge is -2.26. The Kier molecular flexibility index (Phi) is 6.90. The normalized spacial score (nSPS) is 22.1. The van der Waals surface area contributed by atoms with Gasteiger partial charge in [-0.25, -0.2) is 8.42 Å². The van der Waals surface area contributed by atoms with Gasteiger partial charge in [-0.2, -0.15) is 16.5 Å². The van der Waals surface area contributed by atoms with Gasteiger partial charge in [0.15, 0.2) is 0 Å². The summed E-state index contributed by atoms with van der Waals surface area (Å²) in [5.41, 5.74) is 5.73. The largest absolute Gasteiger partial charge is 0.341 e. The molecule has 25 heavy (non-hydrogen) atoms. The average molecular weight is 386 g/mol. The van der Waals surface area contributed by atoms with Crippen molar-refractivity contribution in [2.24, 2.45) is 11.1 Å². The number of nitrogens with two attached hydrogens (primary N) is 1. The summed E-state index contributed by atoms with van der Waals surface area (Å²) in [5.74, 6) is 0.543. The van der Waals surface area contributed by atoms with Crippen LogP contribution in [0.4, 0.5) is 0 Å². The zero-order valence-corrected chi connectivity index (χ0v) is 16.4. The molecule has 1 fully saturated rings. The van der Waals surface area contributed by atoms with Crippen LogP contribution in [0.1, 0.15) is 19.8 Å². The minimum Gasteiger partial charge on any atom is -0.341 e. The lowest BCUT2D eigenvalue weighted by molar-refractivity contribution is -0.132. The molecule has 0 radical (unpaired) electrons. The van der Waals surface area contributed by atoms with E-state index in [1.807, 2.05) is 6.26 Å². The zero-order valence-electron chi connectivity index (χ0n) is 14.8. The lowest BCUT2D eigenvalue weighted by atomic mass is 9.90. The molecule has 1 aromatic rings. The van der Waals surface area contributed by atoms with E-state index in [-0.39, 0.29) is 16.2 Å². The monoisotopic (exact) mass is 385 g/mol. The van der Waals surface area contributed by atoms with Gasteiger partial charge in [-0.1, -0.05) is 25.1 Å². The Morgan fingerprint density at radius 1 is 1.40 bits per heavy atom. The molecule has 2 atom stereocenters. The third-order valence-electron chi connectivity index (χ3n) is 4.62. The highest BCUT2D eigenvalue weighted by molar-refractivity contribution is 7.98. The molecule has 0 aliphatic carbocycles. The lowest BCUT2D eigenvalue weighted by Crippen LogP contribution is -2.48. The van der Waals surface area contributed by atoms with Gasteiger partial charge in [-0.15, -0.1) is 0 Å². The second-order valence-corrected chi connectivity index (χ2v) is 9.49. The van der Waals surface area contributed by atoms with Gasteiger partial charge in [-0.05, 0) is 48.9 Å². The Morgan fingerprint density at radius 2 is 2.08 bits per heavy atom. The molecule has 140 valence electrons. The Hall–Kier alpha value is -1.09. The second kappa shape index (κ2) is 8.53. The second-order valence-electron chi connectivity index (χ2n) is 6.79. The van der Waals surface area contributed by atoms with Crippen molar-refractivity contribution in [2.75, 3.05) is 31.6 Å². The summed E-state index contributed by atoms with van der Waals surface area (Å²) in [4.78, 5) is 14.8. The van der Waals surface area contributed by atoms with Gasteiger partial charge < -0.3 is 10.6 Å². The fourth-order valence-electron chi connectivity index (χ4n) is 2.92. The number of carbonyl (C=O) groups is 1. The van der Waals surface area contributed by atoms with Gasteiger partial charge in [0, 0.05) is 13.1 Å². The summed E-state index contributed by atoms with van der Waals surface area (Å²) in [6.07, 6.45) is 3.24. The minimum atomic E-state index is -3.73. The quantitative estimate of drug-likeness (QED) is 0.703. The van der Waals surface area contributed by atoms with Crippen LogP contribution < -0.4 is 10.5 Å². The van der Waals surface area contributed by atoms with Crippen molar-refractivity contribution in [1.82, 2.24) is 9.62 Å². The maximum atomic E-state index is 12.9. The number of nitrogens with one attached hydrogen (secondary N) is 1. The molecule has 2 unspecified atom stereocenters. The van der Waals surface area contributed by atoms with Crippen LogP contribution in [-0.2, 0) is 14.8 Å². The number of carbonyl (C=O) groups excluding carboxylic acids is 1. The number of likely N-dealkylation sites (tertiary alicyclic amines) is 1. The third-order valence-corrected chi connectivity index (χ3v) is 6.75. The van der Waals surface area contributed by atoms with Crippen LogP contribution in [0.2, 0.25) is 0 Å².